The van der Waals surface area contributed by atoms with Crippen molar-refractivity contribution in [2.24, 2.45) is 5.41 Å². The number of carboxylic acid groups (broad SMARTS) is 1. The number of rotatable bonds is 10. The molecule has 0 aromatic rings. The van der Waals surface area contributed by atoms with Crippen LogP contribution in [0.2, 0.25) is 0 Å². The first-order chi connectivity index (χ1) is 9.08. The first kappa shape index (κ1) is 15.8. The van der Waals surface area contributed by atoms with Gasteiger partial charge < -0.3 is 15.7 Å². The zero-order chi connectivity index (χ0) is 14.1. The van der Waals surface area contributed by atoms with Crippen LogP contribution in [0.1, 0.15) is 58.3 Å². The van der Waals surface area contributed by atoms with Crippen molar-refractivity contribution in [3.05, 3.63) is 0 Å². The highest BCUT2D eigenvalue weighted by atomic mass is 16.4. The third-order valence-electron chi connectivity index (χ3n) is 3.71. The Morgan fingerprint density at radius 2 is 1.89 bits per heavy atom. The molecule has 19 heavy (non-hydrogen) atoms. The summed E-state index contributed by atoms with van der Waals surface area (Å²) in [7, 11) is 0. The molecule has 1 aliphatic rings. The summed E-state index contributed by atoms with van der Waals surface area (Å²) in [5, 5.41) is 14.2. The minimum Gasteiger partial charge on any atom is -0.481 e. The molecule has 5 nitrogen and oxygen atoms in total. The van der Waals surface area contributed by atoms with Gasteiger partial charge in [0.05, 0.1) is 0 Å². The fraction of sp³-hybridized carbons (Fsp3) is 0.857. The van der Waals surface area contributed by atoms with E-state index in [4.69, 9.17) is 5.11 Å². The molecule has 110 valence electrons. The second kappa shape index (κ2) is 8.02. The number of hydrogen-bond acceptors (Lipinski definition) is 2. The highest BCUT2D eigenvalue weighted by molar-refractivity contribution is 5.73. The van der Waals surface area contributed by atoms with E-state index >= 15 is 0 Å². The second-order valence-electron chi connectivity index (χ2n) is 5.56. The van der Waals surface area contributed by atoms with Crippen molar-refractivity contribution >= 4 is 12.0 Å². The van der Waals surface area contributed by atoms with Gasteiger partial charge in [-0.2, -0.15) is 0 Å². The van der Waals surface area contributed by atoms with E-state index in [-0.39, 0.29) is 12.5 Å². The molecule has 0 spiro atoms. The number of amides is 2. The quantitative estimate of drug-likeness (QED) is 0.534. The molecule has 5 heteroatoms. The predicted octanol–water partition coefficient (Wildman–Crippen LogP) is 2.51. The Labute approximate surface area is 115 Å². The molecular formula is C14H26N2O3. The summed E-state index contributed by atoms with van der Waals surface area (Å²) < 4.78 is 0. The van der Waals surface area contributed by atoms with Gasteiger partial charge in [0.1, 0.15) is 0 Å². The Kier molecular flexibility index (Phi) is 6.67. The highest BCUT2D eigenvalue weighted by Crippen LogP contribution is 2.48. The van der Waals surface area contributed by atoms with E-state index in [1.807, 2.05) is 0 Å². The molecule has 1 aliphatic carbocycles. The number of aliphatic carboxylic acids is 1. The van der Waals surface area contributed by atoms with E-state index in [2.05, 4.69) is 17.6 Å². The smallest absolute Gasteiger partial charge is 0.314 e. The van der Waals surface area contributed by atoms with Crippen LogP contribution in [0, 0.1) is 5.41 Å². The van der Waals surface area contributed by atoms with Crippen molar-refractivity contribution in [1.29, 1.82) is 0 Å². The number of nitrogens with one attached hydrogen (secondary N) is 2. The number of urea groups is 1. The molecule has 1 saturated carbocycles. The summed E-state index contributed by atoms with van der Waals surface area (Å²) in [5.74, 6) is -0.753. The molecule has 1 rings (SSSR count). The van der Waals surface area contributed by atoms with Crippen LogP contribution in [-0.4, -0.2) is 30.2 Å². The Hall–Kier alpha value is -1.26. The summed E-state index contributed by atoms with van der Waals surface area (Å²) >= 11 is 0. The van der Waals surface area contributed by atoms with Crippen LogP contribution in [-0.2, 0) is 4.79 Å². The van der Waals surface area contributed by atoms with Gasteiger partial charge in [-0.25, -0.2) is 4.79 Å². The number of carbonyl (C=O) groups excluding carboxylic acids is 1. The first-order valence-corrected chi connectivity index (χ1v) is 7.31. The summed E-state index contributed by atoms with van der Waals surface area (Å²) in [4.78, 5) is 21.8. The van der Waals surface area contributed by atoms with Gasteiger partial charge in [-0.3, -0.25) is 4.79 Å². The van der Waals surface area contributed by atoms with Gasteiger partial charge in [0.2, 0.25) is 0 Å². The van der Waals surface area contributed by atoms with Crippen LogP contribution < -0.4 is 10.6 Å². The summed E-state index contributed by atoms with van der Waals surface area (Å²) in [6.45, 7) is 3.58. The summed E-state index contributed by atoms with van der Waals surface area (Å²) in [5.41, 5.74) is 0.383. The molecule has 0 aromatic carbocycles. The molecule has 0 aromatic heterocycles. The largest absolute Gasteiger partial charge is 0.481 e. The normalized spacial score (nSPS) is 15.8. The molecule has 0 radical (unpaired) electrons. The Morgan fingerprint density at radius 3 is 2.47 bits per heavy atom. The lowest BCUT2D eigenvalue weighted by Crippen LogP contribution is -2.39. The Bertz CT molecular complexity index is 301. The van der Waals surface area contributed by atoms with Gasteiger partial charge in [-0.15, -0.1) is 0 Å². The zero-order valence-electron chi connectivity index (χ0n) is 11.8. The first-order valence-electron chi connectivity index (χ1n) is 7.31. The minimum atomic E-state index is -0.753. The van der Waals surface area contributed by atoms with Crippen molar-refractivity contribution in [2.75, 3.05) is 13.1 Å². The molecule has 0 saturated heterocycles. The van der Waals surface area contributed by atoms with Gasteiger partial charge in [0.25, 0.3) is 0 Å². The third kappa shape index (κ3) is 7.03. The topological polar surface area (TPSA) is 78.4 Å². The standard InChI is InChI=1S/C14H26N2O3/c1-2-7-14(8-9-14)11-16-13(19)15-10-5-3-4-6-12(17)18/h2-11H2,1H3,(H,17,18)(H2,15,16,19). The predicted molar refractivity (Wildman–Crippen MR) is 74.1 cm³/mol. The minimum absolute atomic E-state index is 0.0967. The molecule has 0 aliphatic heterocycles. The zero-order valence-corrected chi connectivity index (χ0v) is 11.8. The van der Waals surface area contributed by atoms with Crippen molar-refractivity contribution in [1.82, 2.24) is 10.6 Å². The maximum Gasteiger partial charge on any atom is 0.314 e. The molecular weight excluding hydrogens is 244 g/mol. The monoisotopic (exact) mass is 270 g/mol. The van der Waals surface area contributed by atoms with Gasteiger partial charge in [-0.1, -0.05) is 19.8 Å². The SMILES string of the molecule is CCCC1(CNC(=O)NCCCCCC(=O)O)CC1. The molecule has 0 bridgehead atoms. The van der Waals surface area contributed by atoms with Crippen molar-refractivity contribution in [2.45, 2.75) is 58.3 Å². The Morgan fingerprint density at radius 1 is 1.16 bits per heavy atom. The van der Waals surface area contributed by atoms with Gasteiger partial charge in [0, 0.05) is 19.5 Å². The van der Waals surface area contributed by atoms with E-state index in [1.54, 1.807) is 0 Å². The van der Waals surface area contributed by atoms with Gasteiger partial charge in [-0.05, 0) is 37.5 Å². The van der Waals surface area contributed by atoms with Crippen LogP contribution >= 0.6 is 0 Å². The van der Waals surface area contributed by atoms with Crippen molar-refractivity contribution in [3.63, 3.8) is 0 Å². The van der Waals surface area contributed by atoms with Crippen molar-refractivity contribution < 1.29 is 14.7 Å². The molecule has 3 N–H and O–H groups in total. The fourth-order valence-corrected chi connectivity index (χ4v) is 2.33. The molecule has 0 unspecified atom stereocenters. The highest BCUT2D eigenvalue weighted by Gasteiger charge is 2.41. The lowest BCUT2D eigenvalue weighted by molar-refractivity contribution is -0.137. The van der Waals surface area contributed by atoms with Gasteiger partial charge in [0.15, 0.2) is 0 Å². The number of unbranched alkanes of at least 4 members (excludes halogenated alkanes) is 2. The fourth-order valence-electron chi connectivity index (χ4n) is 2.33. The molecule has 2 amide bonds. The maximum absolute atomic E-state index is 11.5. The van der Waals surface area contributed by atoms with E-state index in [0.29, 0.717) is 18.4 Å². The third-order valence-corrected chi connectivity index (χ3v) is 3.71. The number of carbonyl (C=O) groups is 2. The molecule has 0 heterocycles. The van der Waals surface area contributed by atoms with E-state index in [1.165, 1.54) is 25.7 Å². The van der Waals surface area contributed by atoms with Crippen LogP contribution in [0.15, 0.2) is 0 Å². The lowest BCUT2D eigenvalue weighted by Gasteiger charge is -2.15. The average molecular weight is 270 g/mol. The molecule has 0 atom stereocenters. The van der Waals surface area contributed by atoms with Crippen LogP contribution in [0.3, 0.4) is 0 Å². The number of hydrogen-bond donors (Lipinski definition) is 3. The van der Waals surface area contributed by atoms with E-state index in [0.717, 1.165) is 19.4 Å². The summed E-state index contributed by atoms with van der Waals surface area (Å²) in [6.07, 6.45) is 7.40. The summed E-state index contributed by atoms with van der Waals surface area (Å²) in [6, 6.07) is -0.0967. The Balaban J connectivity index is 1.95. The van der Waals surface area contributed by atoms with Crippen molar-refractivity contribution in [3.8, 4) is 0 Å². The second-order valence-corrected chi connectivity index (χ2v) is 5.56. The molecule has 1 fully saturated rings. The van der Waals surface area contributed by atoms with Crippen LogP contribution in [0.4, 0.5) is 4.79 Å². The van der Waals surface area contributed by atoms with Crippen LogP contribution in [0.5, 0.6) is 0 Å². The average Bonchev–Trinajstić information content (AvgIpc) is 3.12. The van der Waals surface area contributed by atoms with E-state index < -0.39 is 5.97 Å². The van der Waals surface area contributed by atoms with E-state index in [9.17, 15) is 9.59 Å². The number of carboxylic acids is 1. The van der Waals surface area contributed by atoms with Crippen LogP contribution in [0.25, 0.3) is 0 Å². The maximum atomic E-state index is 11.5. The lowest BCUT2D eigenvalue weighted by atomic mass is 10.0. The van der Waals surface area contributed by atoms with Gasteiger partial charge >= 0.3 is 12.0 Å².